The molecule has 1 fully saturated rings. The van der Waals surface area contributed by atoms with Crippen LogP contribution in [0.15, 0.2) is 42.5 Å². The number of amides is 2. The van der Waals surface area contributed by atoms with Gasteiger partial charge in [0.25, 0.3) is 0 Å². The molecular formula is C28H32FN3O4. The van der Waals surface area contributed by atoms with Crippen molar-refractivity contribution in [2.24, 2.45) is 0 Å². The van der Waals surface area contributed by atoms with Gasteiger partial charge in [0.05, 0.1) is 25.3 Å². The number of nitrogens with one attached hydrogen (secondary N) is 3. The molecule has 190 valence electrons. The smallest absolute Gasteiger partial charge is 0.239 e. The summed E-state index contributed by atoms with van der Waals surface area (Å²) in [6.45, 7) is 0.312. The summed E-state index contributed by atoms with van der Waals surface area (Å²) in [5.74, 6) is 1.64. The van der Waals surface area contributed by atoms with Crippen molar-refractivity contribution in [3.63, 3.8) is 0 Å². The molecule has 0 unspecified atom stereocenters. The van der Waals surface area contributed by atoms with Crippen molar-refractivity contribution in [3.05, 3.63) is 65.0 Å². The second-order valence-corrected chi connectivity index (χ2v) is 9.48. The van der Waals surface area contributed by atoms with Crippen molar-refractivity contribution in [3.8, 4) is 18.1 Å². The number of rotatable bonds is 5. The zero-order valence-electron chi connectivity index (χ0n) is 20.2. The van der Waals surface area contributed by atoms with Crippen LogP contribution in [0.4, 0.5) is 4.39 Å². The van der Waals surface area contributed by atoms with Gasteiger partial charge < -0.3 is 25.8 Å². The Morgan fingerprint density at radius 1 is 1.19 bits per heavy atom. The lowest BCUT2D eigenvalue weighted by Gasteiger charge is -2.27. The second kappa shape index (κ2) is 11.5. The minimum atomic E-state index is -0.962. The first-order valence-corrected chi connectivity index (χ1v) is 12.4. The summed E-state index contributed by atoms with van der Waals surface area (Å²) in [7, 11) is 0. The number of terminal acetylenes is 1. The maximum atomic E-state index is 14.6. The molecule has 0 aromatic heterocycles. The van der Waals surface area contributed by atoms with Crippen LogP contribution in [0.1, 0.15) is 48.8 Å². The Labute approximate surface area is 210 Å². The van der Waals surface area contributed by atoms with E-state index in [0.717, 1.165) is 24.0 Å². The summed E-state index contributed by atoms with van der Waals surface area (Å²) in [6, 6.07) is 11.7. The number of carbonyl (C=O) groups excluding carboxylic acids is 2. The SMILES string of the molecule is C#Cc1cccc(C2(NC[C@@H](O)[C@@H]3Cc4ccc(c(F)c4)OCCCCC(=O)NCC(=O)N3)CC2)c1. The Bertz CT molecular complexity index is 1140. The van der Waals surface area contributed by atoms with E-state index >= 15 is 0 Å². The van der Waals surface area contributed by atoms with Crippen molar-refractivity contribution in [1.82, 2.24) is 16.0 Å². The van der Waals surface area contributed by atoms with Gasteiger partial charge in [-0.2, -0.15) is 0 Å². The fourth-order valence-corrected chi connectivity index (χ4v) is 4.46. The number of benzene rings is 2. The minimum Gasteiger partial charge on any atom is -0.491 e. The maximum Gasteiger partial charge on any atom is 0.239 e. The number of ether oxygens (including phenoxy) is 1. The van der Waals surface area contributed by atoms with Crippen molar-refractivity contribution < 1.29 is 23.8 Å². The van der Waals surface area contributed by atoms with E-state index in [4.69, 9.17) is 11.2 Å². The van der Waals surface area contributed by atoms with E-state index in [2.05, 4.69) is 21.9 Å². The number of fused-ring (bicyclic) bond motifs is 13. The van der Waals surface area contributed by atoms with Gasteiger partial charge >= 0.3 is 0 Å². The molecule has 0 radical (unpaired) electrons. The number of halogens is 1. The summed E-state index contributed by atoms with van der Waals surface area (Å²) in [5, 5.41) is 20.0. The first kappa shape index (κ1) is 25.7. The Balaban J connectivity index is 1.48. The van der Waals surface area contributed by atoms with Crippen LogP contribution in [0, 0.1) is 18.2 Å². The molecule has 3 aliphatic rings. The summed E-state index contributed by atoms with van der Waals surface area (Å²) in [4.78, 5) is 24.6. The van der Waals surface area contributed by atoms with Crippen LogP contribution in [0.25, 0.3) is 0 Å². The van der Waals surface area contributed by atoms with Gasteiger partial charge in [-0.3, -0.25) is 9.59 Å². The summed E-state index contributed by atoms with van der Waals surface area (Å²) in [6.07, 6.45) is 8.01. The maximum absolute atomic E-state index is 14.6. The van der Waals surface area contributed by atoms with Crippen LogP contribution in [-0.2, 0) is 21.5 Å². The minimum absolute atomic E-state index is 0.142. The summed E-state index contributed by atoms with van der Waals surface area (Å²) < 4.78 is 20.1. The van der Waals surface area contributed by atoms with Gasteiger partial charge in [-0.1, -0.05) is 24.1 Å². The van der Waals surface area contributed by atoms with Crippen LogP contribution < -0.4 is 20.7 Å². The topological polar surface area (TPSA) is 99.7 Å². The fourth-order valence-electron chi connectivity index (χ4n) is 4.46. The summed E-state index contributed by atoms with van der Waals surface area (Å²) in [5.41, 5.74) is 2.20. The predicted molar refractivity (Wildman–Crippen MR) is 134 cm³/mol. The highest BCUT2D eigenvalue weighted by Crippen LogP contribution is 2.45. The van der Waals surface area contributed by atoms with Gasteiger partial charge in [0, 0.05) is 24.1 Å². The van der Waals surface area contributed by atoms with Crippen LogP contribution in [0.2, 0.25) is 0 Å². The zero-order chi connectivity index (χ0) is 25.5. The van der Waals surface area contributed by atoms with Crippen molar-refractivity contribution in [1.29, 1.82) is 0 Å². The Morgan fingerprint density at radius 3 is 2.78 bits per heavy atom. The molecular weight excluding hydrogens is 461 g/mol. The number of hydrogen-bond acceptors (Lipinski definition) is 5. The van der Waals surface area contributed by atoms with Crippen LogP contribution in [-0.4, -0.2) is 48.8 Å². The first-order chi connectivity index (χ1) is 17.4. The van der Waals surface area contributed by atoms with Gasteiger partial charge in [0.15, 0.2) is 11.6 Å². The number of aliphatic hydroxyl groups is 1. The van der Waals surface area contributed by atoms with E-state index < -0.39 is 23.9 Å². The quantitative estimate of drug-likeness (QED) is 0.479. The van der Waals surface area contributed by atoms with Gasteiger partial charge in [-0.25, -0.2) is 4.39 Å². The molecule has 2 aromatic rings. The third-order valence-corrected chi connectivity index (χ3v) is 6.75. The molecule has 2 bridgehead atoms. The lowest BCUT2D eigenvalue weighted by atomic mass is 9.98. The highest BCUT2D eigenvalue weighted by Gasteiger charge is 2.44. The zero-order valence-corrected chi connectivity index (χ0v) is 20.2. The lowest BCUT2D eigenvalue weighted by Crippen LogP contribution is -2.52. The van der Waals surface area contributed by atoms with Gasteiger partial charge in [-0.05, 0) is 67.5 Å². The van der Waals surface area contributed by atoms with Gasteiger partial charge in [0.2, 0.25) is 11.8 Å². The van der Waals surface area contributed by atoms with Crippen LogP contribution in [0.5, 0.6) is 5.75 Å². The van der Waals surface area contributed by atoms with Gasteiger partial charge in [0.1, 0.15) is 0 Å². The van der Waals surface area contributed by atoms with E-state index in [1.165, 1.54) is 6.07 Å². The molecule has 0 spiro atoms. The largest absolute Gasteiger partial charge is 0.491 e. The molecule has 2 aromatic carbocycles. The number of carbonyl (C=O) groups is 2. The Morgan fingerprint density at radius 2 is 2.03 bits per heavy atom. The van der Waals surface area contributed by atoms with Crippen molar-refractivity contribution in [2.75, 3.05) is 19.7 Å². The molecule has 2 atom stereocenters. The third-order valence-electron chi connectivity index (χ3n) is 6.75. The molecule has 0 saturated heterocycles. The molecule has 2 amide bonds. The standard InChI is InChI=1S/C28H32FN3O4/c1-2-19-6-5-7-21(14-19)28(11-12-28)31-17-24(33)23-16-20-9-10-25(22(29)15-20)36-13-4-3-8-26(34)30-18-27(35)32-23/h1,5-7,9-10,14-15,23-24,31,33H,3-4,8,11-13,16-18H2,(H,30,34)(H,32,35)/t23-,24+/m0/s1. The molecule has 2 heterocycles. The molecule has 1 aliphatic carbocycles. The fraction of sp³-hybridized carbons (Fsp3) is 0.429. The molecule has 8 heteroatoms. The van der Waals surface area contributed by atoms with Crippen molar-refractivity contribution in [2.45, 2.75) is 56.2 Å². The average Bonchev–Trinajstić information content (AvgIpc) is 3.67. The Hall–Kier alpha value is -3.41. The van der Waals surface area contributed by atoms with Gasteiger partial charge in [-0.15, -0.1) is 6.42 Å². The lowest BCUT2D eigenvalue weighted by molar-refractivity contribution is -0.127. The van der Waals surface area contributed by atoms with E-state index in [1.807, 2.05) is 24.3 Å². The van der Waals surface area contributed by atoms with E-state index in [-0.39, 0.29) is 43.1 Å². The predicted octanol–water partition coefficient (Wildman–Crippen LogP) is 2.15. The second-order valence-electron chi connectivity index (χ2n) is 9.48. The third kappa shape index (κ3) is 6.62. The molecule has 36 heavy (non-hydrogen) atoms. The molecule has 7 nitrogen and oxygen atoms in total. The monoisotopic (exact) mass is 493 g/mol. The van der Waals surface area contributed by atoms with E-state index in [9.17, 15) is 19.1 Å². The molecule has 1 saturated carbocycles. The summed E-state index contributed by atoms with van der Waals surface area (Å²) >= 11 is 0. The average molecular weight is 494 g/mol. The van der Waals surface area contributed by atoms with Crippen LogP contribution in [0.3, 0.4) is 0 Å². The van der Waals surface area contributed by atoms with E-state index in [1.54, 1.807) is 12.1 Å². The molecule has 4 N–H and O–H groups in total. The van der Waals surface area contributed by atoms with Crippen LogP contribution >= 0.6 is 0 Å². The first-order valence-electron chi connectivity index (χ1n) is 12.4. The molecule has 2 aliphatic heterocycles. The normalized spacial score (nSPS) is 21.0. The highest BCUT2D eigenvalue weighted by atomic mass is 19.1. The number of aliphatic hydroxyl groups excluding tert-OH is 1. The van der Waals surface area contributed by atoms with E-state index in [0.29, 0.717) is 25.0 Å². The van der Waals surface area contributed by atoms with Crippen molar-refractivity contribution >= 4 is 11.8 Å². The Kier molecular flexibility index (Phi) is 8.24. The molecule has 5 rings (SSSR count). The highest BCUT2D eigenvalue weighted by molar-refractivity contribution is 5.84. The number of hydrogen-bond donors (Lipinski definition) is 4.